The van der Waals surface area contributed by atoms with E-state index < -0.39 is 24.7 Å². The Bertz CT molecular complexity index is 1760. The minimum atomic E-state index is -2.88. The van der Waals surface area contributed by atoms with Crippen LogP contribution in [0.3, 0.4) is 0 Å². The number of aromatic nitrogens is 6. The van der Waals surface area contributed by atoms with E-state index >= 15 is 0 Å². The van der Waals surface area contributed by atoms with E-state index in [4.69, 9.17) is 23.2 Å². The van der Waals surface area contributed by atoms with Gasteiger partial charge in [0.05, 0.1) is 41.7 Å². The van der Waals surface area contributed by atoms with Gasteiger partial charge in [-0.1, -0.05) is 41.8 Å². The quantitative estimate of drug-likeness (QED) is 0.327. The number of nitrogens with zero attached hydrogens (tertiary/aromatic N) is 8. The van der Waals surface area contributed by atoms with Crippen molar-refractivity contribution in [2.45, 2.75) is 50.9 Å². The molecule has 0 fully saturated rings. The third-order valence-corrected chi connectivity index (χ3v) is 8.07. The van der Waals surface area contributed by atoms with Crippen LogP contribution in [0, 0.1) is 5.92 Å². The predicted octanol–water partition coefficient (Wildman–Crippen LogP) is 4.65. The number of hydrogen-bond acceptors (Lipinski definition) is 8. The maximum Gasteiger partial charge on any atom is 0.330 e. The number of benzene rings is 1. The standard InChI is InChI=1S/C28H25Cl2F2N9O2/c1-15-3-2-4-23(20-9-16(7-8-33-20)26-21(36-27(15)43)12-35-41(26)28(31)32)39-14-34-19(11-25(39)42)18-10-17(29)5-6-22(18)40-13-24(30)37-38-40/h5-15,21,23,26,28H,2-4H2,1H3,(H,36,43)/t15-,21?,23+,26?/m1/s1. The number of pyridine rings is 1. The Hall–Kier alpha value is -4.23. The molecule has 11 nitrogen and oxygen atoms in total. The summed E-state index contributed by atoms with van der Waals surface area (Å²) in [6, 6.07) is 7.49. The van der Waals surface area contributed by atoms with Crippen molar-refractivity contribution in [2.75, 3.05) is 0 Å². The van der Waals surface area contributed by atoms with Gasteiger partial charge < -0.3 is 5.32 Å². The van der Waals surface area contributed by atoms with E-state index in [9.17, 15) is 18.4 Å². The summed E-state index contributed by atoms with van der Waals surface area (Å²) in [5.74, 6) is -0.636. The molecule has 6 rings (SSSR count). The van der Waals surface area contributed by atoms with Crippen molar-refractivity contribution in [1.29, 1.82) is 0 Å². The van der Waals surface area contributed by atoms with Crippen molar-refractivity contribution < 1.29 is 13.6 Å². The van der Waals surface area contributed by atoms with Crippen LogP contribution in [-0.4, -0.2) is 59.3 Å². The molecule has 0 spiro atoms. The van der Waals surface area contributed by atoms with E-state index in [1.165, 1.54) is 40.3 Å². The molecule has 0 saturated carbocycles. The number of halogens is 4. The molecular weight excluding hydrogens is 603 g/mol. The molecular formula is C28H25Cl2F2N9O2. The highest BCUT2D eigenvalue weighted by Gasteiger charge is 2.39. The molecule has 0 aliphatic carbocycles. The first-order valence-electron chi connectivity index (χ1n) is 13.5. The molecule has 2 aliphatic rings. The highest BCUT2D eigenvalue weighted by Crippen LogP contribution is 2.34. The summed E-state index contributed by atoms with van der Waals surface area (Å²) < 4.78 is 30.8. The van der Waals surface area contributed by atoms with Gasteiger partial charge in [-0.15, -0.1) is 5.10 Å². The van der Waals surface area contributed by atoms with Gasteiger partial charge in [0.1, 0.15) is 6.04 Å². The minimum Gasteiger partial charge on any atom is -0.346 e. The second-order valence-corrected chi connectivity index (χ2v) is 11.3. The zero-order valence-corrected chi connectivity index (χ0v) is 24.2. The Kier molecular flexibility index (Phi) is 7.93. The first-order chi connectivity index (χ1) is 20.7. The summed E-state index contributed by atoms with van der Waals surface area (Å²) in [6.07, 6.45) is 7.37. The lowest BCUT2D eigenvalue weighted by Crippen LogP contribution is -2.44. The molecule has 3 aromatic heterocycles. The van der Waals surface area contributed by atoms with Gasteiger partial charge in [-0.05, 0) is 48.7 Å². The number of carbonyl (C=O) groups is 1. The molecule has 222 valence electrons. The Balaban J connectivity index is 1.41. The van der Waals surface area contributed by atoms with Crippen molar-refractivity contribution in [3.05, 3.63) is 86.9 Å². The zero-order chi connectivity index (χ0) is 30.2. The van der Waals surface area contributed by atoms with Gasteiger partial charge in [0.15, 0.2) is 5.15 Å². The first-order valence-corrected chi connectivity index (χ1v) is 14.3. The maximum absolute atomic E-state index is 13.9. The van der Waals surface area contributed by atoms with Gasteiger partial charge in [-0.3, -0.25) is 19.1 Å². The highest BCUT2D eigenvalue weighted by molar-refractivity contribution is 6.31. The number of rotatable bonds is 4. The SMILES string of the molecule is C[C@@H]1CCC[C@H](n2cnc(-c3cc(Cl)ccc3-n3cc(Cl)nn3)cc2=O)c2cc(ccn2)C2C(C=NN2C(F)F)NC1=O. The summed E-state index contributed by atoms with van der Waals surface area (Å²) >= 11 is 12.3. The number of hydrazone groups is 1. The number of hydrogen-bond donors (Lipinski definition) is 1. The summed E-state index contributed by atoms with van der Waals surface area (Å²) in [5, 5.41) is 15.9. The van der Waals surface area contributed by atoms with E-state index in [1.54, 1.807) is 37.3 Å². The number of fused-ring (bicyclic) bond motifs is 4. The van der Waals surface area contributed by atoms with E-state index in [1.807, 2.05) is 0 Å². The third kappa shape index (κ3) is 5.74. The Morgan fingerprint density at radius 2 is 1.91 bits per heavy atom. The minimum absolute atomic E-state index is 0.195. The molecule has 2 bridgehead atoms. The van der Waals surface area contributed by atoms with Crippen molar-refractivity contribution in [1.82, 2.24) is 39.9 Å². The topological polar surface area (TPSA) is 123 Å². The zero-order valence-electron chi connectivity index (χ0n) is 22.7. The fourth-order valence-corrected chi connectivity index (χ4v) is 5.80. The van der Waals surface area contributed by atoms with Crippen LogP contribution in [0.1, 0.15) is 49.5 Å². The van der Waals surface area contributed by atoms with Crippen LogP contribution in [0.4, 0.5) is 8.78 Å². The van der Waals surface area contributed by atoms with Gasteiger partial charge in [0.2, 0.25) is 5.91 Å². The van der Waals surface area contributed by atoms with Crippen LogP contribution in [0.15, 0.2) is 65.0 Å². The summed E-state index contributed by atoms with van der Waals surface area (Å²) in [6.45, 7) is -1.10. The van der Waals surface area contributed by atoms with E-state index in [0.29, 0.717) is 57.5 Å². The van der Waals surface area contributed by atoms with Gasteiger partial charge in [-0.25, -0.2) is 14.7 Å². The molecule has 4 atom stereocenters. The van der Waals surface area contributed by atoms with Gasteiger partial charge in [0.25, 0.3) is 5.56 Å². The van der Waals surface area contributed by atoms with Crippen LogP contribution in [0.5, 0.6) is 0 Å². The van der Waals surface area contributed by atoms with Crippen molar-refractivity contribution in [3.8, 4) is 16.9 Å². The van der Waals surface area contributed by atoms with Crippen LogP contribution in [-0.2, 0) is 4.79 Å². The lowest BCUT2D eigenvalue weighted by molar-refractivity contribution is -0.125. The number of alkyl halides is 2. The first kappa shape index (κ1) is 28.9. The Morgan fingerprint density at radius 3 is 2.65 bits per heavy atom. The molecule has 4 aromatic rings. The highest BCUT2D eigenvalue weighted by atomic mass is 35.5. The molecule has 1 N–H and O–H groups in total. The lowest BCUT2D eigenvalue weighted by Gasteiger charge is -2.30. The number of amides is 1. The van der Waals surface area contributed by atoms with Crippen molar-refractivity contribution >= 4 is 35.3 Å². The molecule has 2 unspecified atom stereocenters. The fourth-order valence-electron chi connectivity index (χ4n) is 5.50. The molecule has 43 heavy (non-hydrogen) atoms. The smallest absolute Gasteiger partial charge is 0.330 e. The van der Waals surface area contributed by atoms with Crippen LogP contribution in [0.25, 0.3) is 16.9 Å². The van der Waals surface area contributed by atoms with E-state index in [0.717, 1.165) is 0 Å². The molecule has 0 radical (unpaired) electrons. The van der Waals surface area contributed by atoms with Gasteiger partial charge in [-0.2, -0.15) is 13.9 Å². The van der Waals surface area contributed by atoms with Crippen LogP contribution in [0.2, 0.25) is 10.2 Å². The molecule has 15 heteroatoms. The number of nitrogens with one attached hydrogen (secondary N) is 1. The molecule has 1 amide bonds. The Labute approximate surface area is 254 Å². The van der Waals surface area contributed by atoms with Crippen molar-refractivity contribution in [3.63, 3.8) is 0 Å². The lowest BCUT2D eigenvalue weighted by atomic mass is 9.94. The predicted molar refractivity (Wildman–Crippen MR) is 155 cm³/mol. The average molecular weight is 628 g/mol. The molecule has 0 saturated heterocycles. The fraction of sp³-hybridized carbons (Fsp3) is 0.321. The molecule has 2 aliphatic heterocycles. The third-order valence-electron chi connectivity index (χ3n) is 7.66. The second-order valence-electron chi connectivity index (χ2n) is 10.4. The summed E-state index contributed by atoms with van der Waals surface area (Å²) in [5.41, 5.74) is 2.09. The average Bonchev–Trinajstić information content (AvgIpc) is 3.61. The molecule has 5 heterocycles. The van der Waals surface area contributed by atoms with Crippen LogP contribution >= 0.6 is 23.2 Å². The van der Waals surface area contributed by atoms with Crippen molar-refractivity contribution in [2.24, 2.45) is 11.0 Å². The van der Waals surface area contributed by atoms with Gasteiger partial charge in [0, 0.05) is 35.0 Å². The maximum atomic E-state index is 13.9. The number of carbonyl (C=O) groups excluding carboxylic acids is 1. The summed E-state index contributed by atoms with van der Waals surface area (Å²) in [7, 11) is 0. The van der Waals surface area contributed by atoms with E-state index in [2.05, 4.69) is 30.7 Å². The normalized spacial score (nSPS) is 22.2. The van der Waals surface area contributed by atoms with E-state index in [-0.39, 0.29) is 22.5 Å². The largest absolute Gasteiger partial charge is 0.346 e. The molecule has 1 aromatic carbocycles. The monoisotopic (exact) mass is 627 g/mol. The Morgan fingerprint density at radius 1 is 1.07 bits per heavy atom. The van der Waals surface area contributed by atoms with Crippen LogP contribution < -0.4 is 10.9 Å². The van der Waals surface area contributed by atoms with Gasteiger partial charge >= 0.3 is 6.55 Å². The summed E-state index contributed by atoms with van der Waals surface area (Å²) in [4.78, 5) is 35.7. The second kappa shape index (κ2) is 11.8.